The number of carbonyl (C=O) groups is 2. The minimum atomic E-state index is -0.885. The van der Waals surface area contributed by atoms with Gasteiger partial charge in [0.1, 0.15) is 0 Å². The molecule has 1 heterocycles. The van der Waals surface area contributed by atoms with Gasteiger partial charge in [-0.05, 0) is 37.5 Å². The van der Waals surface area contributed by atoms with E-state index in [0.717, 1.165) is 17.5 Å². The average molecular weight is 392 g/mol. The highest BCUT2D eigenvalue weighted by atomic mass is 16.5. The molecule has 150 valence electrons. The lowest BCUT2D eigenvalue weighted by molar-refractivity contribution is -0.146. The first-order valence-corrected chi connectivity index (χ1v) is 9.68. The van der Waals surface area contributed by atoms with E-state index in [1.165, 1.54) is 10.9 Å². The molecular formula is C23H24N2O4. The molecule has 1 atom stereocenters. The Kier molecular flexibility index (Phi) is 6.22. The molecule has 6 nitrogen and oxygen atoms in total. The Morgan fingerprint density at radius 1 is 1.14 bits per heavy atom. The second-order valence-electron chi connectivity index (χ2n) is 7.01. The molecule has 1 aromatic heterocycles. The maximum Gasteiger partial charge on any atom is 0.308 e. The van der Waals surface area contributed by atoms with Crippen LogP contribution in [-0.2, 0) is 22.5 Å². The molecule has 0 aliphatic heterocycles. The number of hydrogen-bond acceptors (Lipinski definition) is 5. The Bertz CT molecular complexity index is 1100. The number of rotatable bonds is 7. The molecule has 0 aliphatic carbocycles. The minimum absolute atomic E-state index is 0.0225. The fourth-order valence-electron chi connectivity index (χ4n) is 3.16. The third kappa shape index (κ3) is 4.59. The van der Waals surface area contributed by atoms with Crippen LogP contribution in [0.3, 0.4) is 0 Å². The normalized spacial score (nSPS) is 12.0. The Morgan fingerprint density at radius 3 is 2.55 bits per heavy atom. The monoisotopic (exact) mass is 392 g/mol. The number of nitrogens with zero attached hydrogens (tertiary/aromatic N) is 2. The maximum absolute atomic E-state index is 12.6. The van der Waals surface area contributed by atoms with Crippen molar-refractivity contribution in [3.63, 3.8) is 0 Å². The first-order valence-electron chi connectivity index (χ1n) is 9.68. The van der Waals surface area contributed by atoms with Gasteiger partial charge in [-0.3, -0.25) is 19.0 Å². The van der Waals surface area contributed by atoms with E-state index >= 15 is 0 Å². The van der Waals surface area contributed by atoms with E-state index in [1.54, 1.807) is 31.2 Å². The largest absolute Gasteiger partial charge is 0.454 e. The van der Waals surface area contributed by atoms with Gasteiger partial charge in [-0.1, -0.05) is 43.3 Å². The molecule has 3 aromatic rings. The van der Waals surface area contributed by atoms with Gasteiger partial charge in [0.2, 0.25) is 5.78 Å². The number of ketones is 1. The van der Waals surface area contributed by atoms with Gasteiger partial charge in [-0.2, -0.15) is 0 Å². The van der Waals surface area contributed by atoms with Crippen LogP contribution >= 0.6 is 0 Å². The molecule has 0 unspecified atom stereocenters. The zero-order chi connectivity index (χ0) is 21.0. The van der Waals surface area contributed by atoms with E-state index in [0.29, 0.717) is 16.5 Å². The Labute approximate surface area is 169 Å². The molecule has 0 bridgehead atoms. The SMILES string of the molecule is CCc1ccc(C(=O)[C@H](C)OC(=O)CCn2cnc3c(C)cccc3c2=O)cc1. The standard InChI is InChI=1S/C23H24N2O4/c1-4-17-8-10-18(11-9-17)22(27)16(3)29-20(26)12-13-25-14-24-21-15(2)6-5-7-19(21)23(25)28/h5-11,14,16H,4,12-13H2,1-3H3/t16-/m0/s1. The number of para-hydroxylation sites is 1. The number of aromatic nitrogens is 2. The van der Waals surface area contributed by atoms with E-state index in [1.807, 2.05) is 32.0 Å². The molecule has 2 aromatic carbocycles. The van der Waals surface area contributed by atoms with Crippen molar-refractivity contribution in [3.05, 3.63) is 75.8 Å². The van der Waals surface area contributed by atoms with Crippen LogP contribution in [0.1, 0.15) is 41.8 Å². The van der Waals surface area contributed by atoms with Gasteiger partial charge in [0.25, 0.3) is 5.56 Å². The average Bonchev–Trinajstić information content (AvgIpc) is 2.73. The molecule has 29 heavy (non-hydrogen) atoms. The fraction of sp³-hybridized carbons (Fsp3) is 0.304. The number of fused-ring (bicyclic) bond motifs is 1. The lowest BCUT2D eigenvalue weighted by atomic mass is 10.0. The van der Waals surface area contributed by atoms with Crippen molar-refractivity contribution in [3.8, 4) is 0 Å². The predicted molar refractivity (Wildman–Crippen MR) is 111 cm³/mol. The van der Waals surface area contributed by atoms with E-state index in [4.69, 9.17) is 4.74 Å². The van der Waals surface area contributed by atoms with E-state index in [9.17, 15) is 14.4 Å². The molecule has 0 spiro atoms. The number of Topliss-reactive ketones (excluding diaryl/α,β-unsaturated/α-hetero) is 1. The van der Waals surface area contributed by atoms with Crippen LogP contribution in [0.4, 0.5) is 0 Å². The van der Waals surface area contributed by atoms with Gasteiger partial charge >= 0.3 is 5.97 Å². The smallest absolute Gasteiger partial charge is 0.308 e. The lowest BCUT2D eigenvalue weighted by Gasteiger charge is -2.13. The van der Waals surface area contributed by atoms with Crippen LogP contribution in [0.25, 0.3) is 10.9 Å². The van der Waals surface area contributed by atoms with Crippen LogP contribution < -0.4 is 5.56 Å². The van der Waals surface area contributed by atoms with Crippen LogP contribution in [0.5, 0.6) is 0 Å². The van der Waals surface area contributed by atoms with Crippen molar-refractivity contribution in [2.24, 2.45) is 0 Å². The number of ether oxygens (including phenoxy) is 1. The zero-order valence-corrected chi connectivity index (χ0v) is 16.8. The van der Waals surface area contributed by atoms with E-state index < -0.39 is 12.1 Å². The van der Waals surface area contributed by atoms with Gasteiger partial charge in [-0.25, -0.2) is 4.98 Å². The molecule has 3 rings (SSSR count). The van der Waals surface area contributed by atoms with Gasteiger partial charge in [-0.15, -0.1) is 0 Å². The summed E-state index contributed by atoms with van der Waals surface area (Å²) in [6.45, 7) is 5.63. The van der Waals surface area contributed by atoms with Crippen molar-refractivity contribution in [1.82, 2.24) is 9.55 Å². The molecule has 0 fully saturated rings. The van der Waals surface area contributed by atoms with Crippen molar-refractivity contribution < 1.29 is 14.3 Å². The summed E-state index contributed by atoms with van der Waals surface area (Å²) in [6, 6.07) is 12.7. The van der Waals surface area contributed by atoms with Gasteiger partial charge in [0.15, 0.2) is 6.10 Å². The summed E-state index contributed by atoms with van der Waals surface area (Å²) in [7, 11) is 0. The van der Waals surface area contributed by atoms with Crippen LogP contribution in [0.2, 0.25) is 0 Å². The lowest BCUT2D eigenvalue weighted by Crippen LogP contribution is -2.27. The molecular weight excluding hydrogens is 368 g/mol. The Hall–Kier alpha value is -3.28. The van der Waals surface area contributed by atoms with Gasteiger partial charge in [0.05, 0.1) is 23.7 Å². The third-order valence-corrected chi connectivity index (χ3v) is 4.94. The second-order valence-corrected chi connectivity index (χ2v) is 7.01. The van der Waals surface area contributed by atoms with Gasteiger partial charge in [0, 0.05) is 12.1 Å². The molecule has 6 heteroatoms. The van der Waals surface area contributed by atoms with Crippen molar-refractivity contribution in [2.45, 2.75) is 46.3 Å². The number of carbonyl (C=O) groups excluding carboxylic acids is 2. The summed E-state index contributed by atoms with van der Waals surface area (Å²) in [5.74, 6) is -0.784. The highest BCUT2D eigenvalue weighted by molar-refractivity contribution is 6.00. The summed E-state index contributed by atoms with van der Waals surface area (Å²) < 4.78 is 6.65. The topological polar surface area (TPSA) is 78.3 Å². The van der Waals surface area contributed by atoms with Crippen molar-refractivity contribution in [2.75, 3.05) is 0 Å². The number of hydrogen-bond donors (Lipinski definition) is 0. The number of esters is 1. The molecule has 0 N–H and O–H groups in total. The minimum Gasteiger partial charge on any atom is -0.454 e. The highest BCUT2D eigenvalue weighted by Crippen LogP contribution is 2.12. The zero-order valence-electron chi connectivity index (χ0n) is 16.8. The molecule has 0 saturated heterocycles. The van der Waals surface area contributed by atoms with E-state index in [-0.39, 0.29) is 24.3 Å². The van der Waals surface area contributed by atoms with Crippen LogP contribution in [0.15, 0.2) is 53.6 Å². The summed E-state index contributed by atoms with van der Waals surface area (Å²) in [6.07, 6.45) is 1.42. The van der Waals surface area contributed by atoms with Crippen molar-refractivity contribution >= 4 is 22.7 Å². The molecule has 0 saturated carbocycles. The van der Waals surface area contributed by atoms with Crippen LogP contribution in [0, 0.1) is 6.92 Å². The maximum atomic E-state index is 12.6. The molecule has 0 aliphatic rings. The van der Waals surface area contributed by atoms with Gasteiger partial charge < -0.3 is 4.74 Å². The molecule has 0 amide bonds. The first kappa shape index (κ1) is 20.5. The predicted octanol–water partition coefficient (Wildman–Crippen LogP) is 3.47. The van der Waals surface area contributed by atoms with Crippen molar-refractivity contribution in [1.29, 1.82) is 0 Å². The third-order valence-electron chi connectivity index (χ3n) is 4.94. The summed E-state index contributed by atoms with van der Waals surface area (Å²) in [5.41, 5.74) is 3.02. The number of benzene rings is 2. The molecule has 0 radical (unpaired) electrons. The number of aryl methyl sites for hydroxylation is 3. The summed E-state index contributed by atoms with van der Waals surface area (Å²) in [4.78, 5) is 41.5. The second kappa shape index (κ2) is 8.82. The Balaban J connectivity index is 1.62. The quantitative estimate of drug-likeness (QED) is 0.454. The Morgan fingerprint density at radius 2 is 1.86 bits per heavy atom. The summed E-state index contributed by atoms with van der Waals surface area (Å²) in [5, 5.41) is 0.514. The highest BCUT2D eigenvalue weighted by Gasteiger charge is 2.19. The van der Waals surface area contributed by atoms with Crippen LogP contribution in [-0.4, -0.2) is 27.4 Å². The fourth-order valence-corrected chi connectivity index (χ4v) is 3.16. The van der Waals surface area contributed by atoms with E-state index in [2.05, 4.69) is 4.98 Å². The summed E-state index contributed by atoms with van der Waals surface area (Å²) >= 11 is 0. The first-order chi connectivity index (χ1) is 13.9.